The molecule has 2 aliphatic rings. The SMILES string of the molecule is C.C/C=C/C/C=C(\C)C/C=C/C=C(C)/C=C/C1=C(C)CCCC1(C)C.C=C(C)/C=C/C=C(C)/C=C/C1=C(C)CCCC1(C)C. The molecule has 0 aliphatic heterocycles. The minimum atomic E-state index is 0. The van der Waals surface area contributed by atoms with Crippen LogP contribution in [0.4, 0.5) is 0 Å². The van der Waals surface area contributed by atoms with Gasteiger partial charge in [-0.2, -0.15) is 0 Å². The summed E-state index contributed by atoms with van der Waals surface area (Å²) in [4.78, 5) is 0. The van der Waals surface area contributed by atoms with E-state index in [-0.39, 0.29) is 7.43 Å². The summed E-state index contributed by atoms with van der Waals surface area (Å²) in [5, 5.41) is 0. The monoisotopic (exact) mass is 597 g/mol. The average molecular weight is 597 g/mol. The van der Waals surface area contributed by atoms with Crippen LogP contribution < -0.4 is 0 Å². The minimum absolute atomic E-state index is 0. The zero-order valence-corrected chi connectivity index (χ0v) is 29.9. The molecule has 0 unspecified atom stereocenters. The maximum Gasteiger partial charge on any atom is -0.0104 e. The maximum atomic E-state index is 3.86. The molecule has 0 spiro atoms. The van der Waals surface area contributed by atoms with Gasteiger partial charge in [-0.3, -0.25) is 0 Å². The van der Waals surface area contributed by atoms with Gasteiger partial charge >= 0.3 is 0 Å². The molecule has 2 aliphatic carbocycles. The summed E-state index contributed by atoms with van der Waals surface area (Å²) in [6, 6.07) is 0. The zero-order valence-electron chi connectivity index (χ0n) is 29.9. The number of hydrogen-bond donors (Lipinski definition) is 0. The minimum Gasteiger partial charge on any atom is -0.0961 e. The third-order valence-electron chi connectivity index (χ3n) is 8.62. The lowest BCUT2D eigenvalue weighted by molar-refractivity contribution is 0.376. The van der Waals surface area contributed by atoms with Gasteiger partial charge in [0.2, 0.25) is 0 Å². The molecule has 0 aromatic rings. The fraction of sp³-hybridized carbons (Fsp3) is 0.500. The van der Waals surface area contributed by atoms with Crippen LogP contribution in [0.5, 0.6) is 0 Å². The second-order valence-corrected chi connectivity index (χ2v) is 14.0. The second-order valence-electron chi connectivity index (χ2n) is 14.0. The van der Waals surface area contributed by atoms with E-state index >= 15 is 0 Å². The third-order valence-corrected chi connectivity index (χ3v) is 8.62. The van der Waals surface area contributed by atoms with E-state index in [1.54, 1.807) is 11.1 Å². The first-order chi connectivity index (χ1) is 20.2. The van der Waals surface area contributed by atoms with Crippen molar-refractivity contribution < 1.29 is 0 Å². The maximum absolute atomic E-state index is 3.86. The van der Waals surface area contributed by atoms with E-state index in [4.69, 9.17) is 0 Å². The van der Waals surface area contributed by atoms with E-state index in [1.807, 2.05) is 13.0 Å². The molecule has 0 aromatic heterocycles. The van der Waals surface area contributed by atoms with E-state index in [1.165, 1.54) is 66.4 Å². The lowest BCUT2D eigenvalue weighted by atomic mass is 9.72. The van der Waals surface area contributed by atoms with Gasteiger partial charge in [-0.1, -0.05) is 154 Å². The van der Waals surface area contributed by atoms with Crippen LogP contribution in [0, 0.1) is 10.8 Å². The van der Waals surface area contributed by atoms with E-state index < -0.39 is 0 Å². The molecule has 0 N–H and O–H groups in total. The van der Waals surface area contributed by atoms with E-state index in [0.29, 0.717) is 10.8 Å². The Morgan fingerprint density at radius 2 is 1.20 bits per heavy atom. The first-order valence-electron chi connectivity index (χ1n) is 16.6. The Bertz CT molecular complexity index is 1210. The van der Waals surface area contributed by atoms with Crippen molar-refractivity contribution in [3.63, 3.8) is 0 Å². The van der Waals surface area contributed by atoms with Gasteiger partial charge in [0, 0.05) is 0 Å². The van der Waals surface area contributed by atoms with Gasteiger partial charge < -0.3 is 0 Å². The van der Waals surface area contributed by atoms with E-state index in [0.717, 1.165) is 18.4 Å². The van der Waals surface area contributed by atoms with E-state index in [2.05, 4.69) is 149 Å². The Morgan fingerprint density at radius 1 is 0.727 bits per heavy atom. The summed E-state index contributed by atoms with van der Waals surface area (Å²) >= 11 is 0. The summed E-state index contributed by atoms with van der Waals surface area (Å²) in [7, 11) is 0. The molecule has 244 valence electrons. The number of rotatable bonds is 11. The van der Waals surface area contributed by atoms with Crippen molar-refractivity contribution >= 4 is 0 Å². The summed E-state index contributed by atoms with van der Waals surface area (Å²) in [5.41, 5.74) is 11.9. The van der Waals surface area contributed by atoms with Gasteiger partial charge in [0.15, 0.2) is 0 Å². The highest BCUT2D eigenvalue weighted by Crippen LogP contribution is 2.41. The summed E-state index contributed by atoms with van der Waals surface area (Å²) < 4.78 is 0. The summed E-state index contributed by atoms with van der Waals surface area (Å²) in [6.07, 6.45) is 38.4. The Morgan fingerprint density at radius 3 is 1.64 bits per heavy atom. The van der Waals surface area contributed by atoms with Crippen LogP contribution in [0.15, 0.2) is 130 Å². The molecular formula is C44H68. The van der Waals surface area contributed by atoms with Crippen LogP contribution in [-0.4, -0.2) is 0 Å². The van der Waals surface area contributed by atoms with Crippen LogP contribution in [0.3, 0.4) is 0 Å². The average Bonchev–Trinajstić information content (AvgIpc) is 2.90. The highest BCUT2D eigenvalue weighted by atomic mass is 14.3. The Labute approximate surface area is 275 Å². The third kappa shape index (κ3) is 16.3. The fourth-order valence-electron chi connectivity index (χ4n) is 5.89. The van der Waals surface area contributed by atoms with Crippen LogP contribution in [0.25, 0.3) is 0 Å². The molecule has 0 fully saturated rings. The molecule has 0 amide bonds. The predicted octanol–water partition coefficient (Wildman–Crippen LogP) is 14.7. The molecule has 2 rings (SSSR count). The van der Waals surface area contributed by atoms with Crippen LogP contribution in [-0.2, 0) is 0 Å². The molecule has 0 aromatic carbocycles. The lowest BCUT2D eigenvalue weighted by Gasteiger charge is -2.33. The highest BCUT2D eigenvalue weighted by Gasteiger charge is 2.27. The molecule has 0 radical (unpaired) electrons. The molecule has 0 nitrogen and oxygen atoms in total. The normalized spacial score (nSPS) is 19.8. The van der Waals surface area contributed by atoms with E-state index in [9.17, 15) is 0 Å². The topological polar surface area (TPSA) is 0 Å². The van der Waals surface area contributed by atoms with Crippen molar-refractivity contribution in [2.45, 2.75) is 135 Å². The highest BCUT2D eigenvalue weighted by molar-refractivity contribution is 5.38. The standard InChI is InChI=1S/C24H36.C19H28.CH4/c1-7-8-9-13-20(2)14-10-11-15-21(3)17-18-23-22(4)16-12-19-24(23,5)6;1-15(2)9-7-10-16(3)12-13-18-17(4)11-8-14-19(18,5)6;/h7-8,10-11,13,15,17-18H,9,12,14,16,19H2,1-6H3;7,9-10,12-13H,1,8,11,14H2,2-6H3;1H4/b8-7+,11-10+,18-17+,20-13+,21-15+;9-7+,13-12+,16-10+;. The lowest BCUT2D eigenvalue weighted by Crippen LogP contribution is -2.19. The first-order valence-corrected chi connectivity index (χ1v) is 16.6. The number of hydrogen-bond acceptors (Lipinski definition) is 0. The molecule has 0 saturated heterocycles. The second kappa shape index (κ2) is 21.0. The first kappa shape index (κ1) is 41.1. The molecule has 0 heterocycles. The molecule has 0 heteroatoms. The van der Waals surface area contributed by atoms with Crippen molar-refractivity contribution in [3.05, 3.63) is 130 Å². The molecule has 44 heavy (non-hydrogen) atoms. The van der Waals surface area contributed by atoms with Gasteiger partial charge in [0.05, 0.1) is 0 Å². The van der Waals surface area contributed by atoms with Crippen LogP contribution >= 0.6 is 0 Å². The molecule has 0 saturated carbocycles. The number of allylic oxidation sites excluding steroid dienone is 21. The van der Waals surface area contributed by atoms with Gasteiger partial charge in [0.1, 0.15) is 0 Å². The van der Waals surface area contributed by atoms with Crippen molar-refractivity contribution in [3.8, 4) is 0 Å². The Balaban J connectivity index is 0.000000843. The van der Waals surface area contributed by atoms with Crippen molar-refractivity contribution in [2.24, 2.45) is 10.8 Å². The quantitative estimate of drug-likeness (QED) is 0.164. The van der Waals surface area contributed by atoms with Crippen molar-refractivity contribution in [1.29, 1.82) is 0 Å². The summed E-state index contributed by atoms with van der Waals surface area (Å²) in [6.45, 7) is 28.5. The Kier molecular flexibility index (Phi) is 19.6. The van der Waals surface area contributed by atoms with Crippen molar-refractivity contribution in [2.75, 3.05) is 0 Å². The Hall–Kier alpha value is -2.86. The predicted molar refractivity (Wildman–Crippen MR) is 204 cm³/mol. The van der Waals surface area contributed by atoms with Gasteiger partial charge in [-0.25, -0.2) is 0 Å². The molecule has 0 atom stereocenters. The molecular weight excluding hydrogens is 528 g/mol. The van der Waals surface area contributed by atoms with Gasteiger partial charge in [0.25, 0.3) is 0 Å². The fourth-order valence-corrected chi connectivity index (χ4v) is 5.89. The van der Waals surface area contributed by atoms with Gasteiger partial charge in [-0.15, -0.1) is 0 Å². The van der Waals surface area contributed by atoms with Crippen molar-refractivity contribution in [1.82, 2.24) is 0 Å². The smallest absolute Gasteiger partial charge is 0.0104 e. The van der Waals surface area contributed by atoms with Crippen LogP contribution in [0.2, 0.25) is 0 Å². The zero-order chi connectivity index (χ0) is 32.5. The summed E-state index contributed by atoms with van der Waals surface area (Å²) in [5.74, 6) is 0. The van der Waals surface area contributed by atoms with Gasteiger partial charge in [-0.05, 0) is 122 Å². The van der Waals surface area contributed by atoms with Crippen LogP contribution in [0.1, 0.15) is 135 Å². The largest absolute Gasteiger partial charge is 0.0961 e. The molecule has 0 bridgehead atoms.